The lowest BCUT2D eigenvalue weighted by atomic mass is 10.0. The molecule has 0 spiro atoms. The first-order valence-corrected chi connectivity index (χ1v) is 12.2. The fourth-order valence-electron chi connectivity index (χ4n) is 3.39. The molecule has 3 aromatic rings. The Kier molecular flexibility index (Phi) is 7.59. The van der Waals surface area contributed by atoms with Crippen LogP contribution in [-0.2, 0) is 14.8 Å². The van der Waals surface area contributed by atoms with Crippen LogP contribution in [0.3, 0.4) is 0 Å². The number of halogens is 1. The number of anilines is 1. The first-order chi connectivity index (χ1) is 15.2. The number of carbonyl (C=O) groups is 1. The topological polar surface area (TPSA) is 66.5 Å². The largest absolute Gasteiger partial charge is 0.354 e. The summed E-state index contributed by atoms with van der Waals surface area (Å²) in [5.74, 6) is -0.280. The number of rotatable bonds is 8. The summed E-state index contributed by atoms with van der Waals surface area (Å²) in [6.07, 6.45) is 0. The molecule has 7 heteroatoms. The first-order valence-electron chi connectivity index (χ1n) is 10.4. The Morgan fingerprint density at radius 3 is 2.28 bits per heavy atom. The highest BCUT2D eigenvalue weighted by atomic mass is 35.5. The maximum absolute atomic E-state index is 13.5. The van der Waals surface area contributed by atoms with Crippen LogP contribution >= 0.6 is 11.6 Å². The number of carbonyl (C=O) groups excluding carboxylic acids is 1. The molecular formula is C25H27ClN2O3S. The Labute approximate surface area is 195 Å². The van der Waals surface area contributed by atoms with Crippen LogP contribution in [0.25, 0.3) is 0 Å². The highest BCUT2D eigenvalue weighted by Gasteiger charge is 2.28. The second-order valence-electron chi connectivity index (χ2n) is 7.87. The molecule has 0 aliphatic carbocycles. The van der Waals surface area contributed by atoms with Gasteiger partial charge in [0.15, 0.2) is 0 Å². The minimum Gasteiger partial charge on any atom is -0.354 e. The van der Waals surface area contributed by atoms with E-state index in [9.17, 15) is 13.2 Å². The van der Waals surface area contributed by atoms with Gasteiger partial charge in [0, 0.05) is 11.6 Å². The van der Waals surface area contributed by atoms with Gasteiger partial charge in [0.25, 0.3) is 10.0 Å². The summed E-state index contributed by atoms with van der Waals surface area (Å²) in [6.45, 7) is 5.74. The maximum Gasteiger partial charge on any atom is 0.264 e. The van der Waals surface area contributed by atoms with E-state index in [-0.39, 0.29) is 23.3 Å². The van der Waals surface area contributed by atoms with E-state index >= 15 is 0 Å². The van der Waals surface area contributed by atoms with Crippen molar-refractivity contribution in [3.63, 3.8) is 0 Å². The molecule has 0 saturated carbocycles. The van der Waals surface area contributed by atoms with Gasteiger partial charge >= 0.3 is 0 Å². The van der Waals surface area contributed by atoms with Gasteiger partial charge in [-0.05, 0) is 61.2 Å². The fourth-order valence-corrected chi connectivity index (χ4v) is 5.10. The van der Waals surface area contributed by atoms with Crippen LogP contribution < -0.4 is 9.62 Å². The number of aryl methyl sites for hydroxylation is 2. The van der Waals surface area contributed by atoms with Crippen molar-refractivity contribution in [2.24, 2.45) is 0 Å². The Hall–Kier alpha value is -2.83. The molecule has 0 aliphatic rings. The van der Waals surface area contributed by atoms with Crippen LogP contribution in [0.15, 0.2) is 77.7 Å². The lowest BCUT2D eigenvalue weighted by molar-refractivity contribution is -0.119. The number of hydrogen-bond donors (Lipinski definition) is 1. The van der Waals surface area contributed by atoms with Crippen molar-refractivity contribution in [1.29, 1.82) is 0 Å². The Balaban J connectivity index is 1.85. The van der Waals surface area contributed by atoms with Crippen molar-refractivity contribution < 1.29 is 13.2 Å². The second-order valence-corrected chi connectivity index (χ2v) is 10.2. The molecule has 0 aliphatic heterocycles. The minimum atomic E-state index is -3.96. The van der Waals surface area contributed by atoms with Crippen molar-refractivity contribution in [2.75, 3.05) is 17.4 Å². The zero-order chi connectivity index (χ0) is 23.3. The van der Waals surface area contributed by atoms with Crippen molar-refractivity contribution in [2.45, 2.75) is 31.6 Å². The summed E-state index contributed by atoms with van der Waals surface area (Å²) in [4.78, 5) is 13.0. The standard InChI is InChI=1S/C25H27ClN2O3S/c1-18-9-12-23(13-10-18)32(30,31)28(24-14-11-22(26)15-19(24)2)17-25(29)27-16-20(3)21-7-5-4-6-8-21/h4-15,20H,16-17H2,1-3H3,(H,27,29)/t20-/m1/s1. The predicted octanol–water partition coefficient (Wildman–Crippen LogP) is 5.07. The summed E-state index contributed by atoms with van der Waals surface area (Å²) < 4.78 is 28.1. The molecule has 0 radical (unpaired) electrons. The second kappa shape index (κ2) is 10.2. The average molecular weight is 471 g/mol. The molecule has 0 bridgehead atoms. The van der Waals surface area contributed by atoms with Crippen LogP contribution in [0.2, 0.25) is 5.02 Å². The van der Waals surface area contributed by atoms with Crippen molar-refractivity contribution in [3.05, 3.63) is 94.5 Å². The van der Waals surface area contributed by atoms with Gasteiger partial charge in [-0.1, -0.05) is 66.6 Å². The molecule has 3 rings (SSSR count). The molecule has 0 aromatic heterocycles. The van der Waals surface area contributed by atoms with Crippen molar-refractivity contribution in [3.8, 4) is 0 Å². The highest BCUT2D eigenvalue weighted by molar-refractivity contribution is 7.92. The Morgan fingerprint density at radius 1 is 1.00 bits per heavy atom. The van der Waals surface area contributed by atoms with Gasteiger partial charge in [0.2, 0.25) is 5.91 Å². The van der Waals surface area contributed by atoms with E-state index in [1.54, 1.807) is 49.4 Å². The van der Waals surface area contributed by atoms with Crippen LogP contribution in [0.4, 0.5) is 5.69 Å². The molecule has 5 nitrogen and oxygen atoms in total. The monoisotopic (exact) mass is 470 g/mol. The minimum absolute atomic E-state index is 0.0968. The summed E-state index contributed by atoms with van der Waals surface area (Å²) in [6, 6.07) is 21.4. The third kappa shape index (κ3) is 5.69. The van der Waals surface area contributed by atoms with E-state index in [0.717, 1.165) is 15.4 Å². The molecule has 1 N–H and O–H groups in total. The van der Waals surface area contributed by atoms with Crippen molar-refractivity contribution in [1.82, 2.24) is 5.32 Å². The van der Waals surface area contributed by atoms with Crippen LogP contribution in [0.5, 0.6) is 0 Å². The Morgan fingerprint density at radius 2 is 1.66 bits per heavy atom. The van der Waals surface area contributed by atoms with Crippen LogP contribution in [-0.4, -0.2) is 27.4 Å². The molecule has 168 valence electrons. The van der Waals surface area contributed by atoms with E-state index in [0.29, 0.717) is 22.8 Å². The molecule has 0 saturated heterocycles. The third-order valence-electron chi connectivity index (χ3n) is 5.30. The molecule has 0 heterocycles. The SMILES string of the molecule is Cc1ccc(S(=O)(=O)N(CC(=O)NC[C@@H](C)c2ccccc2)c2ccc(Cl)cc2C)cc1. The summed E-state index contributed by atoms with van der Waals surface area (Å²) in [5, 5.41) is 3.37. The lowest BCUT2D eigenvalue weighted by Gasteiger charge is -2.26. The number of amides is 1. The average Bonchev–Trinajstić information content (AvgIpc) is 2.77. The zero-order valence-corrected chi connectivity index (χ0v) is 20.0. The molecule has 1 amide bonds. The van der Waals surface area contributed by atoms with E-state index < -0.39 is 10.0 Å². The number of benzene rings is 3. The van der Waals surface area contributed by atoms with Crippen LogP contribution in [0.1, 0.15) is 29.5 Å². The van der Waals surface area contributed by atoms with Crippen LogP contribution in [0, 0.1) is 13.8 Å². The van der Waals surface area contributed by atoms with Gasteiger partial charge in [-0.15, -0.1) is 0 Å². The molecule has 32 heavy (non-hydrogen) atoms. The van der Waals surface area contributed by atoms with Crippen molar-refractivity contribution >= 4 is 33.2 Å². The van der Waals surface area contributed by atoms with E-state index in [2.05, 4.69) is 5.32 Å². The molecule has 0 unspecified atom stereocenters. The van der Waals surface area contributed by atoms with Gasteiger partial charge in [0.1, 0.15) is 6.54 Å². The van der Waals surface area contributed by atoms with Gasteiger partial charge < -0.3 is 5.32 Å². The number of nitrogens with one attached hydrogen (secondary N) is 1. The summed E-state index contributed by atoms with van der Waals surface area (Å²) in [7, 11) is -3.96. The number of sulfonamides is 1. The van der Waals surface area contributed by atoms with Gasteiger partial charge in [-0.3, -0.25) is 9.10 Å². The molecule has 0 fully saturated rings. The van der Waals surface area contributed by atoms with Gasteiger partial charge in [0.05, 0.1) is 10.6 Å². The number of nitrogens with zero attached hydrogens (tertiary/aromatic N) is 1. The molecule has 3 aromatic carbocycles. The first kappa shape index (κ1) is 23.8. The third-order valence-corrected chi connectivity index (χ3v) is 7.31. The lowest BCUT2D eigenvalue weighted by Crippen LogP contribution is -2.42. The summed E-state index contributed by atoms with van der Waals surface area (Å²) >= 11 is 6.07. The highest BCUT2D eigenvalue weighted by Crippen LogP contribution is 2.29. The quantitative estimate of drug-likeness (QED) is 0.499. The predicted molar refractivity (Wildman–Crippen MR) is 130 cm³/mol. The number of hydrogen-bond acceptors (Lipinski definition) is 3. The zero-order valence-electron chi connectivity index (χ0n) is 18.4. The Bertz CT molecular complexity index is 1180. The van der Waals surface area contributed by atoms with Gasteiger partial charge in [-0.2, -0.15) is 0 Å². The fraction of sp³-hybridized carbons (Fsp3) is 0.240. The maximum atomic E-state index is 13.5. The smallest absolute Gasteiger partial charge is 0.264 e. The van der Waals surface area contributed by atoms with Gasteiger partial charge in [-0.25, -0.2) is 8.42 Å². The molecule has 1 atom stereocenters. The van der Waals surface area contributed by atoms with E-state index in [4.69, 9.17) is 11.6 Å². The molecular weight excluding hydrogens is 444 g/mol. The normalized spacial score (nSPS) is 12.2. The van der Waals surface area contributed by atoms with E-state index in [1.165, 1.54) is 0 Å². The van der Waals surface area contributed by atoms with E-state index in [1.807, 2.05) is 44.2 Å². The summed E-state index contributed by atoms with van der Waals surface area (Å²) in [5.41, 5.74) is 3.14.